The average Bonchev–Trinajstić information content (AvgIpc) is 2.42. The molecule has 1 aliphatic rings. The van der Waals surface area contributed by atoms with Crippen LogP contribution in [0.1, 0.15) is 32.1 Å². The normalized spacial score (nSPS) is 16.7. The lowest BCUT2D eigenvalue weighted by atomic mass is 9.90. The maximum absolute atomic E-state index is 5.76. The SMILES string of the molecule is Brc1ccccc1NCCOCC1CCCCC1. The fourth-order valence-electron chi connectivity index (χ4n) is 2.47. The van der Waals surface area contributed by atoms with Gasteiger partial charge in [-0.3, -0.25) is 0 Å². The molecule has 0 radical (unpaired) electrons. The highest BCUT2D eigenvalue weighted by Crippen LogP contribution is 2.23. The van der Waals surface area contributed by atoms with E-state index in [0.717, 1.165) is 35.8 Å². The van der Waals surface area contributed by atoms with Crippen LogP contribution >= 0.6 is 15.9 Å². The second-order valence-electron chi connectivity index (χ2n) is 4.99. The van der Waals surface area contributed by atoms with Gasteiger partial charge in [0.25, 0.3) is 0 Å². The molecule has 1 aliphatic carbocycles. The zero-order valence-electron chi connectivity index (χ0n) is 10.8. The first kappa shape index (κ1) is 13.9. The molecule has 0 aliphatic heterocycles. The third-order valence-electron chi connectivity index (χ3n) is 3.51. The molecule has 1 saturated carbocycles. The topological polar surface area (TPSA) is 21.3 Å². The van der Waals surface area contributed by atoms with Crippen LogP contribution in [0.25, 0.3) is 0 Å². The quantitative estimate of drug-likeness (QED) is 0.783. The van der Waals surface area contributed by atoms with E-state index in [2.05, 4.69) is 27.3 Å². The molecule has 1 aromatic carbocycles. The number of halogens is 1. The Labute approximate surface area is 118 Å². The third kappa shape index (κ3) is 4.62. The van der Waals surface area contributed by atoms with Gasteiger partial charge in [-0.1, -0.05) is 31.4 Å². The standard InChI is InChI=1S/C15H22BrNO/c16-14-8-4-5-9-15(14)17-10-11-18-12-13-6-2-1-3-7-13/h4-5,8-9,13,17H,1-3,6-7,10-12H2. The largest absolute Gasteiger partial charge is 0.382 e. The molecule has 1 aromatic rings. The molecule has 0 amide bonds. The van der Waals surface area contributed by atoms with Gasteiger partial charge in [0.15, 0.2) is 0 Å². The van der Waals surface area contributed by atoms with Gasteiger partial charge < -0.3 is 10.1 Å². The Balaban J connectivity index is 1.57. The molecule has 0 saturated heterocycles. The predicted octanol–water partition coefficient (Wildman–Crippen LogP) is 4.46. The molecule has 1 fully saturated rings. The van der Waals surface area contributed by atoms with Crippen molar-refractivity contribution in [2.24, 2.45) is 5.92 Å². The minimum Gasteiger partial charge on any atom is -0.382 e. The summed E-state index contributed by atoms with van der Waals surface area (Å²) in [5, 5.41) is 3.38. The Morgan fingerprint density at radius 3 is 2.72 bits per heavy atom. The molecule has 2 nitrogen and oxygen atoms in total. The molecule has 0 atom stereocenters. The molecule has 0 aromatic heterocycles. The molecular weight excluding hydrogens is 290 g/mol. The van der Waals surface area contributed by atoms with E-state index in [-0.39, 0.29) is 0 Å². The van der Waals surface area contributed by atoms with Crippen molar-refractivity contribution in [3.63, 3.8) is 0 Å². The van der Waals surface area contributed by atoms with Gasteiger partial charge in [0.2, 0.25) is 0 Å². The smallest absolute Gasteiger partial charge is 0.0639 e. The summed E-state index contributed by atoms with van der Waals surface area (Å²) in [5.74, 6) is 0.808. The number of hydrogen-bond donors (Lipinski definition) is 1. The van der Waals surface area contributed by atoms with Crippen LogP contribution in [0.3, 0.4) is 0 Å². The lowest BCUT2D eigenvalue weighted by Gasteiger charge is -2.21. The third-order valence-corrected chi connectivity index (χ3v) is 4.21. The average molecular weight is 312 g/mol. The van der Waals surface area contributed by atoms with Gasteiger partial charge in [-0.25, -0.2) is 0 Å². The summed E-state index contributed by atoms with van der Waals surface area (Å²) in [7, 11) is 0. The Hall–Kier alpha value is -0.540. The van der Waals surface area contributed by atoms with Crippen molar-refractivity contribution in [2.45, 2.75) is 32.1 Å². The minimum absolute atomic E-state index is 0.790. The van der Waals surface area contributed by atoms with Gasteiger partial charge in [0.1, 0.15) is 0 Å². The van der Waals surface area contributed by atoms with Gasteiger partial charge >= 0.3 is 0 Å². The predicted molar refractivity (Wildman–Crippen MR) is 80.0 cm³/mol. The monoisotopic (exact) mass is 311 g/mol. The summed E-state index contributed by atoms with van der Waals surface area (Å²) >= 11 is 3.52. The zero-order chi connectivity index (χ0) is 12.6. The van der Waals surface area contributed by atoms with Crippen molar-refractivity contribution in [1.29, 1.82) is 0 Å². The number of rotatable bonds is 6. The summed E-state index contributed by atoms with van der Waals surface area (Å²) in [5.41, 5.74) is 1.14. The second-order valence-corrected chi connectivity index (χ2v) is 5.84. The van der Waals surface area contributed by atoms with Gasteiger partial charge in [-0.15, -0.1) is 0 Å². The Bertz CT molecular complexity index is 350. The molecule has 0 bridgehead atoms. The van der Waals surface area contributed by atoms with E-state index in [1.807, 2.05) is 18.2 Å². The molecule has 1 N–H and O–H groups in total. The minimum atomic E-state index is 0.790. The van der Waals surface area contributed by atoms with Crippen molar-refractivity contribution >= 4 is 21.6 Å². The lowest BCUT2D eigenvalue weighted by molar-refractivity contribution is 0.0924. The van der Waals surface area contributed by atoms with Crippen LogP contribution in [0, 0.1) is 5.92 Å². The lowest BCUT2D eigenvalue weighted by Crippen LogP contribution is -2.17. The van der Waals surface area contributed by atoms with Crippen molar-refractivity contribution in [3.8, 4) is 0 Å². The van der Waals surface area contributed by atoms with E-state index >= 15 is 0 Å². The second kappa shape index (κ2) is 7.80. The molecule has 0 heterocycles. The van der Waals surface area contributed by atoms with E-state index in [4.69, 9.17) is 4.74 Å². The van der Waals surface area contributed by atoms with Gasteiger partial charge in [0, 0.05) is 23.3 Å². The number of para-hydroxylation sites is 1. The van der Waals surface area contributed by atoms with Crippen molar-refractivity contribution in [2.75, 3.05) is 25.1 Å². The Kier molecular flexibility index (Phi) is 6.01. The molecule has 18 heavy (non-hydrogen) atoms. The van der Waals surface area contributed by atoms with Crippen LogP contribution in [0.4, 0.5) is 5.69 Å². The highest BCUT2D eigenvalue weighted by Gasteiger charge is 2.12. The molecule has 100 valence electrons. The van der Waals surface area contributed by atoms with E-state index < -0.39 is 0 Å². The van der Waals surface area contributed by atoms with Crippen molar-refractivity contribution < 1.29 is 4.74 Å². The number of nitrogens with one attached hydrogen (secondary N) is 1. The van der Waals surface area contributed by atoms with Gasteiger partial charge in [-0.05, 0) is 46.8 Å². The summed E-state index contributed by atoms with van der Waals surface area (Å²) in [6.45, 7) is 2.60. The van der Waals surface area contributed by atoms with Crippen LogP contribution in [0.15, 0.2) is 28.7 Å². The van der Waals surface area contributed by atoms with Crippen LogP contribution in [-0.2, 0) is 4.74 Å². The Morgan fingerprint density at radius 2 is 1.94 bits per heavy atom. The van der Waals surface area contributed by atoms with Crippen LogP contribution < -0.4 is 5.32 Å². The molecule has 0 unspecified atom stereocenters. The van der Waals surface area contributed by atoms with Crippen LogP contribution in [0.2, 0.25) is 0 Å². The first-order valence-electron chi connectivity index (χ1n) is 6.92. The fourth-order valence-corrected chi connectivity index (χ4v) is 2.89. The molecule has 3 heteroatoms. The Morgan fingerprint density at radius 1 is 1.17 bits per heavy atom. The number of benzene rings is 1. The maximum atomic E-state index is 5.76. The van der Waals surface area contributed by atoms with Gasteiger partial charge in [0.05, 0.1) is 6.61 Å². The summed E-state index contributed by atoms with van der Waals surface area (Å²) in [6.07, 6.45) is 6.92. The number of hydrogen-bond acceptors (Lipinski definition) is 2. The summed E-state index contributed by atoms with van der Waals surface area (Å²) in [4.78, 5) is 0. The van der Waals surface area contributed by atoms with E-state index in [1.165, 1.54) is 32.1 Å². The molecular formula is C15H22BrNO. The summed E-state index contributed by atoms with van der Waals surface area (Å²) < 4.78 is 6.87. The first-order valence-corrected chi connectivity index (χ1v) is 7.71. The maximum Gasteiger partial charge on any atom is 0.0639 e. The molecule has 0 spiro atoms. The zero-order valence-corrected chi connectivity index (χ0v) is 12.4. The van der Waals surface area contributed by atoms with Crippen molar-refractivity contribution in [3.05, 3.63) is 28.7 Å². The first-order chi connectivity index (χ1) is 8.86. The number of ether oxygens (including phenoxy) is 1. The summed E-state index contributed by atoms with van der Waals surface area (Å²) in [6, 6.07) is 8.18. The van der Waals surface area contributed by atoms with E-state index in [9.17, 15) is 0 Å². The van der Waals surface area contributed by atoms with Crippen molar-refractivity contribution in [1.82, 2.24) is 0 Å². The van der Waals surface area contributed by atoms with E-state index in [1.54, 1.807) is 0 Å². The highest BCUT2D eigenvalue weighted by molar-refractivity contribution is 9.10. The van der Waals surface area contributed by atoms with E-state index in [0.29, 0.717) is 0 Å². The number of anilines is 1. The van der Waals surface area contributed by atoms with Crippen LogP contribution in [-0.4, -0.2) is 19.8 Å². The molecule has 2 rings (SSSR count). The van der Waals surface area contributed by atoms with Gasteiger partial charge in [-0.2, -0.15) is 0 Å². The fraction of sp³-hybridized carbons (Fsp3) is 0.600. The highest BCUT2D eigenvalue weighted by atomic mass is 79.9. The van der Waals surface area contributed by atoms with Crippen LogP contribution in [0.5, 0.6) is 0 Å².